The van der Waals surface area contributed by atoms with Gasteiger partial charge in [0.05, 0.1) is 29.0 Å². The highest BCUT2D eigenvalue weighted by molar-refractivity contribution is 6.04. The molecule has 0 unspecified atom stereocenters. The monoisotopic (exact) mass is 402 g/mol. The first kappa shape index (κ1) is 18.9. The lowest BCUT2D eigenvalue weighted by Gasteiger charge is -2.20. The molecule has 0 aliphatic carbocycles. The molecule has 2 N–H and O–H groups in total. The number of nitrogens with one attached hydrogen (secondary N) is 2. The molecule has 0 bridgehead atoms. The average molecular weight is 402 g/mol. The predicted molar refractivity (Wildman–Crippen MR) is 101 cm³/mol. The Morgan fingerprint density at radius 3 is 2.62 bits per heavy atom. The van der Waals surface area contributed by atoms with Gasteiger partial charge >= 0.3 is 6.18 Å². The van der Waals surface area contributed by atoms with Crippen LogP contribution in [0.15, 0.2) is 36.8 Å². The minimum absolute atomic E-state index is 0.205. The Morgan fingerprint density at radius 2 is 1.93 bits per heavy atom. The van der Waals surface area contributed by atoms with Crippen molar-refractivity contribution in [2.24, 2.45) is 0 Å². The van der Waals surface area contributed by atoms with Crippen LogP contribution in [0.1, 0.15) is 36.7 Å². The Balaban J connectivity index is 1.83. The van der Waals surface area contributed by atoms with Crippen LogP contribution < -0.4 is 5.32 Å². The van der Waals surface area contributed by atoms with Crippen molar-refractivity contribution in [3.63, 3.8) is 0 Å². The zero-order valence-corrected chi connectivity index (χ0v) is 15.8. The van der Waals surface area contributed by atoms with E-state index in [4.69, 9.17) is 0 Å². The Labute approximate surface area is 163 Å². The third kappa shape index (κ3) is 3.53. The van der Waals surface area contributed by atoms with Gasteiger partial charge in [-0.1, -0.05) is 6.07 Å². The van der Waals surface area contributed by atoms with Crippen molar-refractivity contribution in [1.29, 1.82) is 0 Å². The maximum absolute atomic E-state index is 13.1. The van der Waals surface area contributed by atoms with Crippen molar-refractivity contribution in [3.8, 4) is 5.82 Å². The fourth-order valence-corrected chi connectivity index (χ4v) is 2.94. The van der Waals surface area contributed by atoms with Gasteiger partial charge in [0, 0.05) is 17.1 Å². The number of alkyl halides is 3. The molecule has 29 heavy (non-hydrogen) atoms. The molecule has 0 saturated heterocycles. The third-order valence-electron chi connectivity index (χ3n) is 4.22. The van der Waals surface area contributed by atoms with E-state index in [0.29, 0.717) is 16.6 Å². The van der Waals surface area contributed by atoms with Gasteiger partial charge in [-0.05, 0) is 32.9 Å². The minimum atomic E-state index is -4.47. The smallest absolute Gasteiger partial charge is 0.347 e. The standard InChI is InChI=1S/C19H17F3N6O/c1-18(2,3)27-17(29)12-8-23-16-15(12)26-14(9-24-16)28-13-6-11(19(20,21)22)5-4-10(13)7-25-28/h4-9H,1-3H3,(H,23,24)(H,27,29). The molecule has 0 spiro atoms. The molecule has 0 atom stereocenters. The summed E-state index contributed by atoms with van der Waals surface area (Å²) in [6, 6.07) is 3.37. The molecule has 10 heteroatoms. The summed E-state index contributed by atoms with van der Waals surface area (Å²) in [5.41, 5.74) is -0.00743. The number of halogens is 3. The van der Waals surface area contributed by atoms with Gasteiger partial charge in [0.25, 0.3) is 5.91 Å². The summed E-state index contributed by atoms with van der Waals surface area (Å²) in [6.07, 6.45) is -0.140. The van der Waals surface area contributed by atoms with Gasteiger partial charge < -0.3 is 10.3 Å². The molecule has 3 aromatic heterocycles. The van der Waals surface area contributed by atoms with Gasteiger partial charge in [0.2, 0.25) is 0 Å². The van der Waals surface area contributed by atoms with E-state index in [1.165, 1.54) is 29.3 Å². The maximum atomic E-state index is 13.1. The van der Waals surface area contributed by atoms with Gasteiger partial charge in [0.1, 0.15) is 5.52 Å². The number of rotatable bonds is 2. The lowest BCUT2D eigenvalue weighted by Crippen LogP contribution is -2.40. The number of hydrogen-bond acceptors (Lipinski definition) is 4. The Kier molecular flexibility index (Phi) is 4.10. The van der Waals surface area contributed by atoms with Crippen molar-refractivity contribution in [2.75, 3.05) is 0 Å². The van der Waals surface area contributed by atoms with E-state index in [1.807, 2.05) is 20.8 Å². The molecular weight excluding hydrogens is 385 g/mol. The van der Waals surface area contributed by atoms with Gasteiger partial charge in [-0.15, -0.1) is 0 Å². The fraction of sp³-hybridized carbons (Fsp3) is 0.263. The summed E-state index contributed by atoms with van der Waals surface area (Å²) in [5, 5.41) is 7.52. The van der Waals surface area contributed by atoms with Crippen LogP contribution in [0.25, 0.3) is 27.9 Å². The zero-order chi connectivity index (χ0) is 21.0. The predicted octanol–water partition coefficient (Wildman–Crippen LogP) is 3.84. The zero-order valence-electron chi connectivity index (χ0n) is 15.8. The van der Waals surface area contributed by atoms with E-state index in [1.54, 1.807) is 0 Å². The van der Waals surface area contributed by atoms with E-state index in [-0.39, 0.29) is 22.8 Å². The van der Waals surface area contributed by atoms with Crippen LogP contribution in [-0.2, 0) is 6.18 Å². The molecule has 3 heterocycles. The van der Waals surface area contributed by atoms with E-state index < -0.39 is 17.3 Å². The van der Waals surface area contributed by atoms with Crippen molar-refractivity contribution in [1.82, 2.24) is 30.0 Å². The summed E-state index contributed by atoms with van der Waals surface area (Å²) in [4.78, 5) is 24.1. The van der Waals surface area contributed by atoms with Crippen molar-refractivity contribution in [2.45, 2.75) is 32.5 Å². The van der Waals surface area contributed by atoms with Crippen LogP contribution in [0.3, 0.4) is 0 Å². The first-order chi connectivity index (χ1) is 13.5. The number of carbonyl (C=O) groups excluding carboxylic acids is 1. The molecule has 7 nitrogen and oxygen atoms in total. The number of amides is 1. The third-order valence-corrected chi connectivity index (χ3v) is 4.22. The first-order valence-corrected chi connectivity index (χ1v) is 8.75. The number of fused-ring (bicyclic) bond motifs is 2. The molecule has 0 aliphatic rings. The second-order valence-corrected chi connectivity index (χ2v) is 7.66. The van der Waals surface area contributed by atoms with Gasteiger partial charge in [-0.25, -0.2) is 14.6 Å². The molecule has 0 aliphatic heterocycles. The number of aromatic amines is 1. The van der Waals surface area contributed by atoms with Gasteiger partial charge in [0.15, 0.2) is 11.5 Å². The quantitative estimate of drug-likeness (QED) is 0.533. The summed E-state index contributed by atoms with van der Waals surface area (Å²) < 4.78 is 40.6. The maximum Gasteiger partial charge on any atom is 0.416 e. The highest BCUT2D eigenvalue weighted by Gasteiger charge is 2.31. The van der Waals surface area contributed by atoms with E-state index in [0.717, 1.165) is 12.1 Å². The van der Waals surface area contributed by atoms with Crippen molar-refractivity contribution in [3.05, 3.63) is 47.9 Å². The number of nitrogens with zero attached hydrogens (tertiary/aromatic N) is 4. The highest BCUT2D eigenvalue weighted by atomic mass is 19.4. The molecular formula is C19H17F3N6O. The van der Waals surface area contributed by atoms with Crippen LogP contribution >= 0.6 is 0 Å². The van der Waals surface area contributed by atoms with E-state index >= 15 is 0 Å². The molecule has 150 valence electrons. The number of carbonyl (C=O) groups is 1. The van der Waals surface area contributed by atoms with Gasteiger partial charge in [-0.3, -0.25) is 4.79 Å². The molecule has 4 rings (SSSR count). The largest absolute Gasteiger partial charge is 0.416 e. The average Bonchev–Trinajstić information content (AvgIpc) is 3.22. The molecule has 4 aromatic rings. The Morgan fingerprint density at radius 1 is 1.17 bits per heavy atom. The van der Waals surface area contributed by atoms with E-state index in [9.17, 15) is 18.0 Å². The lowest BCUT2D eigenvalue weighted by molar-refractivity contribution is -0.137. The molecule has 0 saturated carbocycles. The SMILES string of the molecule is CC(C)(C)NC(=O)c1c[nH]c2ncc(-n3ncc4ccc(C(F)(F)F)cc43)nc12. The molecule has 0 radical (unpaired) electrons. The highest BCUT2D eigenvalue weighted by Crippen LogP contribution is 2.32. The fourth-order valence-electron chi connectivity index (χ4n) is 2.94. The second-order valence-electron chi connectivity index (χ2n) is 7.66. The second kappa shape index (κ2) is 6.29. The topological polar surface area (TPSA) is 88.5 Å². The number of hydrogen-bond donors (Lipinski definition) is 2. The molecule has 1 amide bonds. The summed E-state index contributed by atoms with van der Waals surface area (Å²) >= 11 is 0. The molecule has 0 fully saturated rings. The summed E-state index contributed by atoms with van der Waals surface area (Å²) in [5.74, 6) is -0.129. The minimum Gasteiger partial charge on any atom is -0.347 e. The number of aromatic nitrogens is 5. The first-order valence-electron chi connectivity index (χ1n) is 8.75. The summed E-state index contributed by atoms with van der Waals surface area (Å²) in [7, 11) is 0. The van der Waals surface area contributed by atoms with Crippen LogP contribution in [0.5, 0.6) is 0 Å². The van der Waals surface area contributed by atoms with Gasteiger partial charge in [-0.2, -0.15) is 18.3 Å². The number of benzene rings is 1. The number of H-pyrrole nitrogens is 1. The lowest BCUT2D eigenvalue weighted by atomic mass is 10.1. The van der Waals surface area contributed by atoms with Crippen LogP contribution in [0.2, 0.25) is 0 Å². The molecule has 1 aromatic carbocycles. The van der Waals surface area contributed by atoms with Crippen LogP contribution in [-0.4, -0.2) is 36.2 Å². The Bertz CT molecular complexity index is 1230. The summed E-state index contributed by atoms with van der Waals surface area (Å²) in [6.45, 7) is 5.56. The van der Waals surface area contributed by atoms with Crippen molar-refractivity contribution < 1.29 is 18.0 Å². The van der Waals surface area contributed by atoms with Crippen molar-refractivity contribution >= 4 is 28.0 Å². The van der Waals surface area contributed by atoms with Crippen LogP contribution in [0, 0.1) is 0 Å². The van der Waals surface area contributed by atoms with E-state index in [2.05, 4.69) is 25.4 Å². The Hall–Kier alpha value is -3.43. The normalized spacial score (nSPS) is 12.6. The van der Waals surface area contributed by atoms with Crippen LogP contribution in [0.4, 0.5) is 13.2 Å².